The van der Waals surface area contributed by atoms with E-state index >= 15 is 0 Å². The lowest BCUT2D eigenvalue weighted by Crippen LogP contribution is -2.39. The molecular weight excluding hydrogens is 458 g/mol. The average Bonchev–Trinajstić information content (AvgIpc) is 2.99. The van der Waals surface area contributed by atoms with Gasteiger partial charge in [-0.25, -0.2) is 4.68 Å². The van der Waals surface area contributed by atoms with Crippen molar-refractivity contribution < 1.29 is 18.0 Å². The van der Waals surface area contributed by atoms with Crippen molar-refractivity contribution >= 4 is 40.9 Å². The minimum absolute atomic E-state index is 0.0216. The second kappa shape index (κ2) is 8.17. The molecule has 2 aromatic carbocycles. The van der Waals surface area contributed by atoms with Crippen LogP contribution in [0.5, 0.6) is 0 Å². The lowest BCUT2D eigenvalue weighted by molar-refractivity contribution is -0.140. The highest BCUT2D eigenvalue weighted by Crippen LogP contribution is 2.40. The summed E-state index contributed by atoms with van der Waals surface area (Å²) in [7, 11) is 0. The molecule has 0 saturated heterocycles. The fourth-order valence-corrected chi connectivity index (χ4v) is 4.68. The maximum atomic E-state index is 13.0. The van der Waals surface area contributed by atoms with Crippen molar-refractivity contribution in [1.82, 2.24) is 14.7 Å². The van der Waals surface area contributed by atoms with Crippen molar-refractivity contribution in [3.63, 3.8) is 0 Å². The summed E-state index contributed by atoms with van der Waals surface area (Å²) in [6.45, 7) is -1.34. The van der Waals surface area contributed by atoms with E-state index in [1.54, 1.807) is 48.5 Å². The fourth-order valence-electron chi connectivity index (χ4n) is 3.22. The van der Waals surface area contributed by atoms with Crippen LogP contribution in [0.2, 0.25) is 10.0 Å². The summed E-state index contributed by atoms with van der Waals surface area (Å²) in [6.07, 6.45) is -4.49. The number of thioether (sulfide) groups is 1. The third-order valence-electron chi connectivity index (χ3n) is 4.51. The summed E-state index contributed by atoms with van der Waals surface area (Å²) < 4.78 is 40.4. The lowest BCUT2D eigenvalue weighted by Gasteiger charge is -2.21. The third kappa shape index (κ3) is 4.17. The molecule has 1 amide bonds. The van der Waals surface area contributed by atoms with E-state index in [0.29, 0.717) is 32.1 Å². The first-order chi connectivity index (χ1) is 14.2. The van der Waals surface area contributed by atoms with Gasteiger partial charge in [-0.1, -0.05) is 47.5 Å². The number of rotatable bonds is 3. The second-order valence-electron chi connectivity index (χ2n) is 6.59. The molecule has 1 aromatic heterocycles. The predicted molar refractivity (Wildman–Crippen MR) is 112 cm³/mol. The maximum absolute atomic E-state index is 13.0. The topological polar surface area (TPSA) is 38.1 Å². The Balaban J connectivity index is 1.91. The van der Waals surface area contributed by atoms with Crippen LogP contribution in [-0.4, -0.2) is 45.6 Å². The summed E-state index contributed by atoms with van der Waals surface area (Å²) in [5, 5.41) is 5.36. The van der Waals surface area contributed by atoms with Crippen LogP contribution >= 0.6 is 35.0 Å². The monoisotopic (exact) mass is 471 g/mol. The molecule has 0 N–H and O–H groups in total. The zero-order chi connectivity index (χ0) is 21.5. The molecular formula is C20H14Cl2F3N3OS. The number of nitrogens with zero attached hydrogens (tertiary/aromatic N) is 3. The van der Waals surface area contributed by atoms with Gasteiger partial charge in [0.25, 0.3) is 5.91 Å². The quantitative estimate of drug-likeness (QED) is 0.473. The average molecular weight is 472 g/mol. The first-order valence-electron chi connectivity index (χ1n) is 8.87. The van der Waals surface area contributed by atoms with Gasteiger partial charge in [0.05, 0.1) is 21.3 Å². The Morgan fingerprint density at radius 1 is 1.07 bits per heavy atom. The summed E-state index contributed by atoms with van der Waals surface area (Å²) in [5.41, 5.74) is 1.80. The van der Waals surface area contributed by atoms with E-state index in [0.717, 1.165) is 10.5 Å². The van der Waals surface area contributed by atoms with Gasteiger partial charge in [0, 0.05) is 22.9 Å². The molecule has 156 valence electrons. The number of benzene rings is 2. The van der Waals surface area contributed by atoms with E-state index in [-0.39, 0.29) is 12.2 Å². The van der Waals surface area contributed by atoms with Crippen LogP contribution in [0.15, 0.2) is 53.4 Å². The highest BCUT2D eigenvalue weighted by molar-refractivity contribution is 7.99. The maximum Gasteiger partial charge on any atom is 0.406 e. The van der Waals surface area contributed by atoms with E-state index in [1.165, 1.54) is 16.4 Å². The summed E-state index contributed by atoms with van der Waals surface area (Å²) in [6, 6.07) is 13.9. The molecule has 0 bridgehead atoms. The first kappa shape index (κ1) is 21.1. The Morgan fingerprint density at radius 3 is 2.43 bits per heavy atom. The molecule has 0 unspecified atom stereocenters. The van der Waals surface area contributed by atoms with Gasteiger partial charge in [0.15, 0.2) is 5.69 Å². The molecule has 0 saturated carbocycles. The van der Waals surface area contributed by atoms with Gasteiger partial charge >= 0.3 is 6.18 Å². The number of hydrogen-bond donors (Lipinski definition) is 0. The Hall–Kier alpha value is -2.16. The number of carbonyl (C=O) groups is 1. The van der Waals surface area contributed by atoms with Crippen LogP contribution in [0.4, 0.5) is 13.2 Å². The molecule has 0 atom stereocenters. The predicted octanol–water partition coefficient (Wildman–Crippen LogP) is 5.96. The van der Waals surface area contributed by atoms with E-state index in [1.807, 2.05) is 0 Å². The van der Waals surface area contributed by atoms with E-state index in [4.69, 9.17) is 23.2 Å². The highest BCUT2D eigenvalue weighted by Gasteiger charge is 2.37. The Kier molecular flexibility index (Phi) is 5.74. The van der Waals surface area contributed by atoms with Gasteiger partial charge in [-0.05, 0) is 24.3 Å². The number of carbonyl (C=O) groups excluding carboxylic acids is 1. The summed E-state index contributed by atoms with van der Waals surface area (Å²) in [4.78, 5) is 14.3. The molecule has 3 aromatic rings. The first-order valence-corrected chi connectivity index (χ1v) is 10.6. The molecule has 4 rings (SSSR count). The summed E-state index contributed by atoms with van der Waals surface area (Å²) in [5.74, 6) is -0.447. The number of fused-ring (bicyclic) bond motifs is 1. The molecule has 0 aliphatic carbocycles. The van der Waals surface area contributed by atoms with Crippen molar-refractivity contribution in [2.45, 2.75) is 11.1 Å². The standard InChI is InChI=1S/C20H14Cl2F3N3OS/c21-13-7-5-12(6-8-13)17-18-16(26-28(17)15-4-2-1-3-14(15)22)19(29)27(9-10-30-18)11-20(23,24)25/h1-8H,9-11H2. The Bertz CT molecular complexity index is 1100. The molecule has 1 aliphatic rings. The van der Waals surface area contributed by atoms with Gasteiger partial charge in [0.1, 0.15) is 6.54 Å². The minimum atomic E-state index is -4.49. The van der Waals surface area contributed by atoms with Gasteiger partial charge in [-0.15, -0.1) is 11.8 Å². The van der Waals surface area contributed by atoms with Crippen LogP contribution in [0.1, 0.15) is 10.5 Å². The van der Waals surface area contributed by atoms with Gasteiger partial charge in [0.2, 0.25) is 0 Å². The number of amides is 1. The SMILES string of the molecule is O=C1c2nn(-c3ccccc3Cl)c(-c3ccc(Cl)cc3)c2SCCN1CC(F)(F)F. The third-order valence-corrected chi connectivity index (χ3v) is 6.14. The molecule has 0 fully saturated rings. The largest absolute Gasteiger partial charge is 0.406 e. The fraction of sp³-hybridized carbons (Fsp3) is 0.200. The van der Waals surface area contributed by atoms with Crippen molar-refractivity contribution in [3.05, 3.63) is 64.3 Å². The minimum Gasteiger partial charge on any atom is -0.327 e. The van der Waals surface area contributed by atoms with Crippen molar-refractivity contribution in [3.8, 4) is 16.9 Å². The van der Waals surface area contributed by atoms with Crippen LogP contribution < -0.4 is 0 Å². The van der Waals surface area contributed by atoms with E-state index in [9.17, 15) is 18.0 Å². The molecule has 0 radical (unpaired) electrons. The zero-order valence-corrected chi connectivity index (χ0v) is 17.6. The van der Waals surface area contributed by atoms with Crippen LogP contribution in [0.25, 0.3) is 16.9 Å². The van der Waals surface area contributed by atoms with Crippen molar-refractivity contribution in [1.29, 1.82) is 0 Å². The molecule has 4 nitrogen and oxygen atoms in total. The normalized spacial score (nSPS) is 14.6. The number of alkyl halides is 3. The number of halogens is 5. The highest BCUT2D eigenvalue weighted by atomic mass is 35.5. The number of hydrogen-bond acceptors (Lipinski definition) is 3. The smallest absolute Gasteiger partial charge is 0.327 e. The van der Waals surface area contributed by atoms with Gasteiger partial charge in [-0.2, -0.15) is 18.3 Å². The molecule has 1 aliphatic heterocycles. The molecule has 30 heavy (non-hydrogen) atoms. The van der Waals surface area contributed by atoms with Crippen LogP contribution in [0.3, 0.4) is 0 Å². The number of aromatic nitrogens is 2. The van der Waals surface area contributed by atoms with Gasteiger partial charge < -0.3 is 4.90 Å². The molecule has 2 heterocycles. The summed E-state index contributed by atoms with van der Waals surface area (Å²) >= 11 is 13.7. The van der Waals surface area contributed by atoms with E-state index < -0.39 is 18.6 Å². The van der Waals surface area contributed by atoms with Crippen LogP contribution in [-0.2, 0) is 0 Å². The van der Waals surface area contributed by atoms with E-state index in [2.05, 4.69) is 5.10 Å². The number of para-hydroxylation sites is 1. The Morgan fingerprint density at radius 2 is 1.77 bits per heavy atom. The van der Waals surface area contributed by atoms with Crippen molar-refractivity contribution in [2.75, 3.05) is 18.8 Å². The van der Waals surface area contributed by atoms with Crippen molar-refractivity contribution in [2.24, 2.45) is 0 Å². The second-order valence-corrected chi connectivity index (χ2v) is 8.54. The lowest BCUT2D eigenvalue weighted by atomic mass is 10.1. The molecule has 10 heteroatoms. The van der Waals surface area contributed by atoms with Crippen LogP contribution in [0, 0.1) is 0 Å². The molecule has 0 spiro atoms. The van der Waals surface area contributed by atoms with Gasteiger partial charge in [-0.3, -0.25) is 4.79 Å². The zero-order valence-electron chi connectivity index (χ0n) is 15.3. The Labute approximate surface area is 184 Å².